The van der Waals surface area contributed by atoms with E-state index >= 15 is 0 Å². The summed E-state index contributed by atoms with van der Waals surface area (Å²) in [7, 11) is 0. The van der Waals surface area contributed by atoms with Gasteiger partial charge in [0, 0.05) is 12.7 Å². The summed E-state index contributed by atoms with van der Waals surface area (Å²) >= 11 is 0. The number of allylic oxidation sites excluding steroid dienone is 1. The molecule has 82 valence electrons. The summed E-state index contributed by atoms with van der Waals surface area (Å²) in [4.78, 5) is 11.2. The highest BCUT2D eigenvalue weighted by Gasteiger charge is 1.98. The molecule has 0 aliphatic heterocycles. The molecule has 0 spiro atoms. The maximum atomic E-state index is 11.2. The number of carbonyl (C=O) groups is 1. The van der Waals surface area contributed by atoms with Crippen LogP contribution < -0.4 is 10.6 Å². The van der Waals surface area contributed by atoms with Crippen LogP contribution in [0.2, 0.25) is 0 Å². The highest BCUT2D eigenvalue weighted by molar-refractivity contribution is 5.74. The second kappa shape index (κ2) is 7.42. The summed E-state index contributed by atoms with van der Waals surface area (Å²) in [6, 6.07) is -0.113. The molecular formula is C11H22N2O. The van der Waals surface area contributed by atoms with Crippen LogP contribution in [0.5, 0.6) is 0 Å². The van der Waals surface area contributed by atoms with Crippen LogP contribution in [-0.2, 0) is 0 Å². The number of hydrogen-bond donors (Lipinski definition) is 2. The fourth-order valence-electron chi connectivity index (χ4n) is 0.776. The average molecular weight is 198 g/mol. The first-order valence-electron chi connectivity index (χ1n) is 5.29. The van der Waals surface area contributed by atoms with Gasteiger partial charge in [0.2, 0.25) is 0 Å². The lowest BCUT2D eigenvalue weighted by Crippen LogP contribution is -2.33. The van der Waals surface area contributed by atoms with E-state index in [0.717, 1.165) is 19.4 Å². The third-order valence-electron chi connectivity index (χ3n) is 2.16. The van der Waals surface area contributed by atoms with Crippen LogP contribution >= 0.6 is 0 Å². The van der Waals surface area contributed by atoms with Crippen LogP contribution in [0.1, 0.15) is 40.5 Å². The minimum absolute atomic E-state index is 0.113. The highest BCUT2D eigenvalue weighted by Crippen LogP contribution is 2.05. The van der Waals surface area contributed by atoms with Gasteiger partial charge in [0.15, 0.2) is 0 Å². The van der Waals surface area contributed by atoms with Crippen LogP contribution in [0, 0.1) is 5.92 Å². The number of hydrogen-bond acceptors (Lipinski definition) is 1. The molecule has 0 aromatic rings. The SMILES string of the molecule is CCCCNC(=O)N/C=C(\C)C(C)C. The van der Waals surface area contributed by atoms with Gasteiger partial charge in [0.05, 0.1) is 0 Å². The molecular weight excluding hydrogens is 176 g/mol. The van der Waals surface area contributed by atoms with E-state index in [0.29, 0.717) is 5.92 Å². The second-order valence-electron chi connectivity index (χ2n) is 3.80. The predicted molar refractivity (Wildman–Crippen MR) is 60.0 cm³/mol. The molecule has 0 atom stereocenters. The second-order valence-corrected chi connectivity index (χ2v) is 3.80. The Hall–Kier alpha value is -0.990. The molecule has 0 bridgehead atoms. The zero-order chi connectivity index (χ0) is 11.0. The Kier molecular flexibility index (Phi) is 6.89. The molecule has 0 heterocycles. The summed E-state index contributed by atoms with van der Waals surface area (Å²) in [5.74, 6) is 0.478. The van der Waals surface area contributed by atoms with Crippen molar-refractivity contribution in [1.29, 1.82) is 0 Å². The number of amides is 2. The van der Waals surface area contributed by atoms with Crippen molar-refractivity contribution in [1.82, 2.24) is 10.6 Å². The first kappa shape index (κ1) is 13.0. The van der Waals surface area contributed by atoms with Crippen LogP contribution in [0.4, 0.5) is 4.79 Å². The highest BCUT2D eigenvalue weighted by atomic mass is 16.2. The molecule has 0 aromatic heterocycles. The number of unbranched alkanes of at least 4 members (excludes halogenated alkanes) is 1. The van der Waals surface area contributed by atoms with Crippen molar-refractivity contribution in [3.63, 3.8) is 0 Å². The largest absolute Gasteiger partial charge is 0.338 e. The van der Waals surface area contributed by atoms with Crippen LogP contribution in [0.25, 0.3) is 0 Å². The summed E-state index contributed by atoms with van der Waals surface area (Å²) in [5.41, 5.74) is 1.18. The minimum Gasteiger partial charge on any atom is -0.338 e. The van der Waals surface area contributed by atoms with E-state index < -0.39 is 0 Å². The van der Waals surface area contributed by atoms with Crippen molar-refractivity contribution < 1.29 is 4.79 Å². The summed E-state index contributed by atoms with van der Waals surface area (Å²) < 4.78 is 0. The van der Waals surface area contributed by atoms with Gasteiger partial charge in [-0.25, -0.2) is 4.79 Å². The maximum Gasteiger partial charge on any atom is 0.318 e. The van der Waals surface area contributed by atoms with Crippen LogP contribution in [0.15, 0.2) is 11.8 Å². The first-order chi connectivity index (χ1) is 6.57. The number of urea groups is 1. The Morgan fingerprint density at radius 3 is 2.57 bits per heavy atom. The Labute approximate surface area is 87.0 Å². The van der Waals surface area contributed by atoms with E-state index in [9.17, 15) is 4.79 Å². The molecule has 0 aliphatic rings. The quantitative estimate of drug-likeness (QED) is 0.655. The molecule has 2 amide bonds. The molecule has 0 saturated heterocycles. The van der Waals surface area contributed by atoms with Gasteiger partial charge in [-0.15, -0.1) is 0 Å². The first-order valence-corrected chi connectivity index (χ1v) is 5.29. The van der Waals surface area contributed by atoms with Crippen LogP contribution in [-0.4, -0.2) is 12.6 Å². The van der Waals surface area contributed by atoms with Gasteiger partial charge in [0.1, 0.15) is 0 Å². The Bertz CT molecular complexity index is 197. The maximum absolute atomic E-state index is 11.2. The third-order valence-corrected chi connectivity index (χ3v) is 2.16. The summed E-state index contributed by atoms with van der Waals surface area (Å²) in [6.45, 7) is 9.06. The standard InChI is InChI=1S/C11H22N2O/c1-5-6-7-12-11(14)13-8-10(4)9(2)3/h8-9H,5-7H2,1-4H3,(H2,12,13,14)/b10-8+. The number of nitrogens with one attached hydrogen (secondary N) is 2. The fraction of sp³-hybridized carbons (Fsp3) is 0.727. The van der Waals surface area contributed by atoms with Gasteiger partial charge in [0.25, 0.3) is 0 Å². The van der Waals surface area contributed by atoms with Gasteiger partial charge in [-0.05, 0) is 19.3 Å². The zero-order valence-corrected chi connectivity index (χ0v) is 9.68. The van der Waals surface area contributed by atoms with E-state index in [1.165, 1.54) is 5.57 Å². The minimum atomic E-state index is -0.113. The van der Waals surface area contributed by atoms with E-state index in [1.807, 2.05) is 6.92 Å². The lowest BCUT2D eigenvalue weighted by atomic mass is 10.1. The lowest BCUT2D eigenvalue weighted by molar-refractivity contribution is 0.244. The van der Waals surface area contributed by atoms with Crippen molar-refractivity contribution in [3.05, 3.63) is 11.8 Å². The predicted octanol–water partition coefficient (Wildman–Crippen LogP) is 2.65. The Morgan fingerprint density at radius 2 is 2.07 bits per heavy atom. The third kappa shape index (κ3) is 6.52. The van der Waals surface area contributed by atoms with Crippen molar-refractivity contribution in [2.24, 2.45) is 5.92 Å². The molecule has 0 radical (unpaired) electrons. The van der Waals surface area contributed by atoms with Gasteiger partial charge in [-0.1, -0.05) is 32.8 Å². The number of rotatable bonds is 5. The van der Waals surface area contributed by atoms with Gasteiger partial charge in [-0.3, -0.25) is 0 Å². The summed E-state index contributed by atoms with van der Waals surface area (Å²) in [5, 5.41) is 5.49. The molecule has 0 rings (SSSR count). The Morgan fingerprint density at radius 1 is 1.43 bits per heavy atom. The van der Waals surface area contributed by atoms with E-state index in [1.54, 1.807) is 6.20 Å². The fourth-order valence-corrected chi connectivity index (χ4v) is 0.776. The van der Waals surface area contributed by atoms with E-state index in [4.69, 9.17) is 0 Å². The van der Waals surface area contributed by atoms with Crippen molar-refractivity contribution in [2.75, 3.05) is 6.54 Å². The van der Waals surface area contributed by atoms with E-state index in [-0.39, 0.29) is 6.03 Å². The monoisotopic (exact) mass is 198 g/mol. The normalized spacial score (nSPS) is 11.6. The lowest BCUT2D eigenvalue weighted by Gasteiger charge is -2.07. The van der Waals surface area contributed by atoms with Gasteiger partial charge >= 0.3 is 6.03 Å². The molecule has 3 heteroatoms. The Balaban J connectivity index is 3.68. The molecule has 0 fully saturated rings. The van der Waals surface area contributed by atoms with Crippen molar-refractivity contribution >= 4 is 6.03 Å². The topological polar surface area (TPSA) is 41.1 Å². The number of carbonyl (C=O) groups excluding carboxylic acids is 1. The zero-order valence-electron chi connectivity index (χ0n) is 9.68. The smallest absolute Gasteiger partial charge is 0.318 e. The molecule has 0 saturated carbocycles. The van der Waals surface area contributed by atoms with Crippen molar-refractivity contribution in [3.8, 4) is 0 Å². The van der Waals surface area contributed by atoms with E-state index in [2.05, 4.69) is 31.4 Å². The van der Waals surface area contributed by atoms with Crippen LogP contribution in [0.3, 0.4) is 0 Å². The van der Waals surface area contributed by atoms with Gasteiger partial charge in [-0.2, -0.15) is 0 Å². The van der Waals surface area contributed by atoms with Crippen molar-refractivity contribution in [2.45, 2.75) is 40.5 Å². The average Bonchev–Trinajstić information content (AvgIpc) is 2.14. The molecule has 0 aromatic carbocycles. The molecule has 0 aliphatic carbocycles. The molecule has 14 heavy (non-hydrogen) atoms. The molecule has 0 unspecified atom stereocenters. The van der Waals surface area contributed by atoms with Gasteiger partial charge < -0.3 is 10.6 Å². The molecule has 3 nitrogen and oxygen atoms in total. The summed E-state index contributed by atoms with van der Waals surface area (Å²) in [6.07, 6.45) is 3.90. The molecule has 2 N–H and O–H groups in total.